The Balaban J connectivity index is 1.80. The number of methoxy groups -OCH3 is 2. The molecule has 0 aliphatic rings. The van der Waals surface area contributed by atoms with Gasteiger partial charge < -0.3 is 28.8 Å². The van der Waals surface area contributed by atoms with Gasteiger partial charge in [-0.25, -0.2) is 18.4 Å². The van der Waals surface area contributed by atoms with E-state index in [4.69, 9.17) is 18.6 Å². The lowest BCUT2D eigenvalue weighted by atomic mass is 10.2. The van der Waals surface area contributed by atoms with E-state index in [1.807, 2.05) is 0 Å². The zero-order chi connectivity index (χ0) is 29.7. The molecule has 4 aromatic rings. The van der Waals surface area contributed by atoms with Crippen molar-refractivity contribution < 1.29 is 37.3 Å². The molecule has 41 heavy (non-hydrogen) atoms. The van der Waals surface area contributed by atoms with E-state index < -0.39 is 34.1 Å². The number of furan rings is 1. The Bertz CT molecular complexity index is 1550. The fourth-order valence-electron chi connectivity index (χ4n) is 3.95. The largest absolute Gasteiger partial charge is 0.494 e. The van der Waals surface area contributed by atoms with Gasteiger partial charge in [-0.3, -0.25) is 9.29 Å². The van der Waals surface area contributed by atoms with E-state index in [2.05, 4.69) is 24.9 Å². The smallest absolute Gasteiger partial charge is 0.243 e. The third-order valence-corrected chi connectivity index (χ3v) is 7.83. The highest BCUT2D eigenvalue weighted by Gasteiger charge is 2.36. The van der Waals surface area contributed by atoms with Crippen LogP contribution in [-0.2, 0) is 14.8 Å². The molecule has 0 radical (unpaired) electrons. The standard InChI is InChI=1S/C26H32N6O8S/c1-15-11-27-24(28-12-15)23(39-14-18(34)13-33)17(3)41(35,36)31-26-30-29-25(21-10-9-16(2)40-21)32(26)22-19(37-4)7-6-8-20(22)38-5/h6-12,17-18,23,33-34H,13-14H2,1-5H3,(H,30,31)/t17-,18-,23+/m1/s1. The van der Waals surface area contributed by atoms with Gasteiger partial charge in [-0.15, -0.1) is 10.2 Å². The Hall–Kier alpha value is -4.05. The number of nitrogens with one attached hydrogen (secondary N) is 1. The number of anilines is 1. The first-order valence-electron chi connectivity index (χ1n) is 12.5. The predicted molar refractivity (Wildman–Crippen MR) is 147 cm³/mol. The number of hydrogen-bond donors (Lipinski definition) is 3. The van der Waals surface area contributed by atoms with E-state index in [0.717, 1.165) is 5.56 Å². The fourth-order valence-corrected chi connectivity index (χ4v) is 5.05. The number of rotatable bonds is 13. The highest BCUT2D eigenvalue weighted by Crippen LogP contribution is 2.38. The van der Waals surface area contributed by atoms with E-state index in [0.29, 0.717) is 28.7 Å². The molecule has 3 heterocycles. The maximum absolute atomic E-state index is 13.8. The first-order valence-corrected chi connectivity index (χ1v) is 14.1. The number of benzene rings is 1. The number of ether oxygens (including phenoxy) is 3. The Kier molecular flexibility index (Phi) is 9.22. The summed E-state index contributed by atoms with van der Waals surface area (Å²) in [6, 6.07) is 8.51. The number of aliphatic hydroxyl groups is 2. The van der Waals surface area contributed by atoms with Crippen molar-refractivity contribution in [1.29, 1.82) is 0 Å². The second kappa shape index (κ2) is 12.6. The van der Waals surface area contributed by atoms with Crippen LogP contribution in [0, 0.1) is 13.8 Å². The predicted octanol–water partition coefficient (Wildman–Crippen LogP) is 2.19. The lowest BCUT2D eigenvalue weighted by molar-refractivity contribution is -0.0324. The molecule has 3 N–H and O–H groups in total. The molecule has 0 bridgehead atoms. The average Bonchev–Trinajstić information content (AvgIpc) is 3.58. The molecule has 3 aromatic heterocycles. The minimum atomic E-state index is -4.29. The SMILES string of the molecule is COc1cccc(OC)c1-n1c(NS(=O)(=O)[C@H](C)[C@H](OC[C@H](O)CO)c2ncc(C)cn2)nnc1-c1ccc(C)o1. The molecular formula is C26H32N6O8S. The Labute approximate surface area is 237 Å². The monoisotopic (exact) mass is 588 g/mol. The highest BCUT2D eigenvalue weighted by molar-refractivity contribution is 7.93. The summed E-state index contributed by atoms with van der Waals surface area (Å²) in [5.41, 5.74) is 1.09. The Morgan fingerprint density at radius 2 is 1.71 bits per heavy atom. The van der Waals surface area contributed by atoms with Crippen LogP contribution in [0.15, 0.2) is 47.1 Å². The summed E-state index contributed by atoms with van der Waals surface area (Å²) in [7, 11) is -1.36. The van der Waals surface area contributed by atoms with Gasteiger partial charge in [0.1, 0.15) is 40.4 Å². The molecule has 0 spiro atoms. The quantitative estimate of drug-likeness (QED) is 0.207. The van der Waals surface area contributed by atoms with Gasteiger partial charge in [-0.2, -0.15) is 0 Å². The first-order chi connectivity index (χ1) is 19.6. The maximum atomic E-state index is 13.8. The van der Waals surface area contributed by atoms with E-state index in [9.17, 15) is 18.6 Å². The second-order valence-electron chi connectivity index (χ2n) is 9.17. The van der Waals surface area contributed by atoms with E-state index in [1.165, 1.54) is 38.1 Å². The second-order valence-corrected chi connectivity index (χ2v) is 11.2. The van der Waals surface area contributed by atoms with Crippen LogP contribution in [0.3, 0.4) is 0 Å². The molecule has 1 aromatic carbocycles. The van der Waals surface area contributed by atoms with Crippen molar-refractivity contribution in [2.24, 2.45) is 0 Å². The molecule has 0 aliphatic heterocycles. The highest BCUT2D eigenvalue weighted by atomic mass is 32.2. The van der Waals surface area contributed by atoms with Gasteiger partial charge in [0.15, 0.2) is 11.6 Å². The minimum absolute atomic E-state index is 0.0817. The van der Waals surface area contributed by atoms with Gasteiger partial charge in [0, 0.05) is 12.4 Å². The number of nitrogens with zero attached hydrogens (tertiary/aromatic N) is 5. The molecule has 0 aliphatic carbocycles. The van der Waals surface area contributed by atoms with Crippen LogP contribution in [0.5, 0.6) is 11.5 Å². The summed E-state index contributed by atoms with van der Waals surface area (Å²) in [6.45, 7) is 4.03. The summed E-state index contributed by atoms with van der Waals surface area (Å²) in [5, 5.41) is 26.1. The molecule has 3 atom stereocenters. The van der Waals surface area contributed by atoms with Crippen LogP contribution in [0.1, 0.15) is 30.2 Å². The number of hydrogen-bond acceptors (Lipinski definition) is 12. The van der Waals surface area contributed by atoms with E-state index in [1.54, 1.807) is 44.2 Å². The van der Waals surface area contributed by atoms with Crippen LogP contribution in [0.25, 0.3) is 17.3 Å². The molecule has 0 unspecified atom stereocenters. The number of sulfonamides is 1. The van der Waals surface area contributed by atoms with Crippen molar-refractivity contribution in [1.82, 2.24) is 24.7 Å². The number of aryl methyl sites for hydroxylation is 2. The number of aliphatic hydroxyl groups excluding tert-OH is 2. The van der Waals surface area contributed by atoms with Crippen LogP contribution in [0.4, 0.5) is 5.95 Å². The van der Waals surface area contributed by atoms with Crippen LogP contribution in [-0.4, -0.2) is 82.2 Å². The van der Waals surface area contributed by atoms with Gasteiger partial charge in [-0.05, 0) is 50.6 Å². The van der Waals surface area contributed by atoms with E-state index >= 15 is 0 Å². The normalized spacial score (nSPS) is 13.9. The van der Waals surface area contributed by atoms with Crippen molar-refractivity contribution in [2.45, 2.75) is 38.2 Å². The molecule has 0 fully saturated rings. The lowest BCUT2D eigenvalue weighted by Crippen LogP contribution is -2.35. The zero-order valence-electron chi connectivity index (χ0n) is 23.2. The molecular weight excluding hydrogens is 556 g/mol. The Morgan fingerprint density at radius 1 is 1.05 bits per heavy atom. The van der Waals surface area contributed by atoms with Crippen molar-refractivity contribution >= 4 is 16.0 Å². The number of aromatic nitrogens is 5. The summed E-state index contributed by atoms with van der Waals surface area (Å²) in [6.07, 6.45) is 0.608. The number of para-hydroxylation sites is 1. The first kappa shape index (κ1) is 29.9. The third-order valence-electron chi connectivity index (χ3n) is 6.13. The van der Waals surface area contributed by atoms with Gasteiger partial charge in [-0.1, -0.05) is 6.07 Å². The van der Waals surface area contributed by atoms with Crippen LogP contribution >= 0.6 is 0 Å². The summed E-state index contributed by atoms with van der Waals surface area (Å²) in [5.74, 6) is 1.74. The minimum Gasteiger partial charge on any atom is -0.494 e. The zero-order valence-corrected chi connectivity index (χ0v) is 24.0. The van der Waals surface area contributed by atoms with Crippen molar-refractivity contribution in [3.63, 3.8) is 0 Å². The van der Waals surface area contributed by atoms with Gasteiger partial charge in [0.2, 0.25) is 21.8 Å². The molecule has 14 nitrogen and oxygen atoms in total. The lowest BCUT2D eigenvalue weighted by Gasteiger charge is -2.25. The topological polar surface area (TPSA) is 184 Å². The van der Waals surface area contributed by atoms with Gasteiger partial charge >= 0.3 is 0 Å². The maximum Gasteiger partial charge on any atom is 0.243 e. The summed E-state index contributed by atoms with van der Waals surface area (Å²) >= 11 is 0. The molecule has 0 saturated carbocycles. The van der Waals surface area contributed by atoms with Crippen molar-refractivity contribution in [2.75, 3.05) is 32.2 Å². The van der Waals surface area contributed by atoms with Gasteiger partial charge in [0.05, 0.1) is 27.4 Å². The van der Waals surface area contributed by atoms with Crippen molar-refractivity contribution in [3.8, 4) is 28.8 Å². The molecule has 0 amide bonds. The Morgan fingerprint density at radius 3 is 2.27 bits per heavy atom. The fraction of sp³-hybridized carbons (Fsp3) is 0.385. The third kappa shape index (κ3) is 6.48. The molecule has 220 valence electrons. The molecule has 4 rings (SSSR count). The van der Waals surface area contributed by atoms with Gasteiger partial charge in [0.25, 0.3) is 0 Å². The van der Waals surface area contributed by atoms with Crippen LogP contribution in [0.2, 0.25) is 0 Å². The van der Waals surface area contributed by atoms with E-state index in [-0.39, 0.29) is 24.2 Å². The average molecular weight is 589 g/mol. The molecule has 15 heteroatoms. The van der Waals surface area contributed by atoms with Crippen LogP contribution < -0.4 is 14.2 Å². The van der Waals surface area contributed by atoms with Crippen molar-refractivity contribution in [3.05, 3.63) is 59.9 Å². The summed E-state index contributed by atoms with van der Waals surface area (Å²) in [4.78, 5) is 8.46. The summed E-state index contributed by atoms with van der Waals surface area (Å²) < 4.78 is 54.2. The molecule has 0 saturated heterocycles.